The number of rotatable bonds is 4. The summed E-state index contributed by atoms with van der Waals surface area (Å²) in [6.07, 6.45) is -1.91. The van der Waals surface area contributed by atoms with Gasteiger partial charge in [0.15, 0.2) is 0 Å². The summed E-state index contributed by atoms with van der Waals surface area (Å²) in [4.78, 5) is 40.9. The van der Waals surface area contributed by atoms with Crippen LogP contribution in [0.25, 0.3) is 0 Å². The van der Waals surface area contributed by atoms with E-state index in [-0.39, 0.29) is 88.7 Å². The van der Waals surface area contributed by atoms with Gasteiger partial charge in [-0.3, -0.25) is 4.90 Å². The van der Waals surface area contributed by atoms with Crippen LogP contribution in [0.4, 0.5) is 0 Å². The SMILES string of the molecule is CN(CP(=O)([O-])[O-])CP(=O)([O-])[O-].[Na+].[Na+].[Na+]. The normalized spacial score (nSPS) is 11.1. The molecule has 7 nitrogen and oxygen atoms in total. The van der Waals surface area contributed by atoms with Crippen LogP contribution in [0.3, 0.4) is 0 Å². The largest absolute Gasteiger partial charge is 1.00 e. The van der Waals surface area contributed by atoms with Crippen molar-refractivity contribution in [3.8, 4) is 0 Å². The Morgan fingerprint density at radius 2 is 1.07 bits per heavy atom. The number of hydrogen-bond acceptors (Lipinski definition) is 7. The Hall–Kier alpha value is 3.26. The van der Waals surface area contributed by atoms with Gasteiger partial charge in [0.2, 0.25) is 0 Å². The van der Waals surface area contributed by atoms with E-state index in [0.29, 0.717) is 4.90 Å². The first kappa shape index (κ1) is 26.8. The number of hydrogen-bond donors (Lipinski definition) is 0. The van der Waals surface area contributed by atoms with Crippen LogP contribution in [-0.2, 0) is 9.13 Å². The van der Waals surface area contributed by atoms with E-state index in [1.807, 2.05) is 0 Å². The zero-order valence-electron chi connectivity index (χ0n) is 9.21. The summed E-state index contributed by atoms with van der Waals surface area (Å²) in [6, 6.07) is 0. The van der Waals surface area contributed by atoms with E-state index in [9.17, 15) is 28.7 Å². The van der Waals surface area contributed by atoms with Crippen LogP contribution >= 0.6 is 15.2 Å². The third-order valence-electron chi connectivity index (χ3n) is 0.829. The van der Waals surface area contributed by atoms with Gasteiger partial charge in [-0.25, -0.2) is 0 Å². The molecule has 0 N–H and O–H groups in total. The molecule has 0 atom stereocenters. The van der Waals surface area contributed by atoms with Crippen molar-refractivity contribution in [1.29, 1.82) is 0 Å². The van der Waals surface area contributed by atoms with Crippen molar-refractivity contribution in [2.45, 2.75) is 0 Å². The summed E-state index contributed by atoms with van der Waals surface area (Å²) in [6.45, 7) is 0. The van der Waals surface area contributed by atoms with Crippen molar-refractivity contribution in [3.05, 3.63) is 0 Å². The number of nitrogens with zero attached hydrogens (tertiary/aromatic N) is 1. The Balaban J connectivity index is -0.000000202. The quantitative estimate of drug-likeness (QED) is 0.370. The van der Waals surface area contributed by atoms with Gasteiger partial charge in [0, 0.05) is 12.6 Å². The maximum atomic E-state index is 10.1. The Bertz CT molecular complexity index is 216. The van der Waals surface area contributed by atoms with Crippen LogP contribution in [0.5, 0.6) is 0 Å². The van der Waals surface area contributed by atoms with Gasteiger partial charge in [0.1, 0.15) is 0 Å². The van der Waals surface area contributed by atoms with Gasteiger partial charge in [-0.1, -0.05) is 15.2 Å². The van der Waals surface area contributed by atoms with Crippen molar-refractivity contribution in [2.75, 3.05) is 19.6 Å². The summed E-state index contributed by atoms with van der Waals surface area (Å²) in [5, 5.41) is 0. The molecule has 0 spiro atoms. The molecule has 0 aromatic rings. The Morgan fingerprint density at radius 1 is 0.867 bits per heavy atom. The first-order valence-electron chi connectivity index (χ1n) is 2.81. The van der Waals surface area contributed by atoms with Gasteiger partial charge in [-0.05, 0) is 7.05 Å². The molecule has 0 aliphatic rings. The first-order valence-corrected chi connectivity index (χ1v) is 6.26. The van der Waals surface area contributed by atoms with Gasteiger partial charge in [0.05, 0.1) is 0 Å². The standard InChI is InChI=1S/C3H11NO6P2.3Na/c1-4(2-11(5,6)7)3-12(8,9)10;;;/h2-3H2,1H3,(H2,5,6,7)(H2,8,9,10);;;/q;3*+1/p-4. The predicted octanol–water partition coefficient (Wildman–Crippen LogP) is -12.3. The van der Waals surface area contributed by atoms with E-state index < -0.39 is 27.8 Å². The second-order valence-corrected chi connectivity index (χ2v) is 5.37. The molecular weight excluding hydrogens is 277 g/mol. The van der Waals surface area contributed by atoms with Gasteiger partial charge in [-0.15, -0.1) is 0 Å². The van der Waals surface area contributed by atoms with Crippen molar-refractivity contribution < 1.29 is 117 Å². The fraction of sp³-hybridized carbons (Fsp3) is 1.00. The zero-order valence-corrected chi connectivity index (χ0v) is 17.0. The Kier molecular flexibility index (Phi) is 19.8. The summed E-state index contributed by atoms with van der Waals surface area (Å²) < 4.78 is 20.1. The van der Waals surface area contributed by atoms with E-state index in [2.05, 4.69) is 0 Å². The zero-order chi connectivity index (χ0) is 9.99. The molecule has 0 fully saturated rings. The minimum absolute atomic E-state index is 0. The Labute approximate surface area is 155 Å². The van der Waals surface area contributed by atoms with E-state index in [1.165, 1.54) is 0 Å². The smallest absolute Gasteiger partial charge is 0.810 e. The van der Waals surface area contributed by atoms with Gasteiger partial charge >= 0.3 is 88.7 Å². The molecule has 0 amide bonds. The molecule has 0 heterocycles. The van der Waals surface area contributed by atoms with Crippen molar-refractivity contribution in [3.63, 3.8) is 0 Å². The van der Waals surface area contributed by atoms with Crippen molar-refractivity contribution in [2.24, 2.45) is 0 Å². The van der Waals surface area contributed by atoms with E-state index in [4.69, 9.17) is 0 Å². The topological polar surface area (TPSA) is 130 Å². The van der Waals surface area contributed by atoms with E-state index in [1.54, 1.807) is 0 Å². The molecule has 0 saturated heterocycles. The third-order valence-corrected chi connectivity index (χ3v) is 2.49. The Morgan fingerprint density at radius 3 is 1.20 bits per heavy atom. The molecule has 0 aliphatic heterocycles. The van der Waals surface area contributed by atoms with Crippen LogP contribution < -0.4 is 108 Å². The van der Waals surface area contributed by atoms with Gasteiger partial charge < -0.3 is 28.7 Å². The van der Waals surface area contributed by atoms with Gasteiger partial charge in [0.25, 0.3) is 0 Å². The summed E-state index contributed by atoms with van der Waals surface area (Å²) in [7, 11) is -8.50. The maximum Gasteiger partial charge on any atom is 1.00 e. The molecule has 0 radical (unpaired) electrons. The second kappa shape index (κ2) is 11.1. The van der Waals surface area contributed by atoms with Crippen molar-refractivity contribution in [1.82, 2.24) is 4.90 Å². The molecule has 0 bridgehead atoms. The first-order chi connectivity index (χ1) is 5.10. The van der Waals surface area contributed by atoms with Crippen LogP contribution in [0.1, 0.15) is 0 Å². The average molecular weight is 284 g/mol. The molecule has 15 heavy (non-hydrogen) atoms. The molecule has 0 unspecified atom stereocenters. The maximum absolute atomic E-state index is 10.1. The molecule has 0 aromatic carbocycles. The molecule has 74 valence electrons. The monoisotopic (exact) mass is 284 g/mol. The second-order valence-electron chi connectivity index (χ2n) is 2.36. The fourth-order valence-electron chi connectivity index (χ4n) is 0.636. The fourth-order valence-corrected chi connectivity index (χ4v) is 2.18. The van der Waals surface area contributed by atoms with Gasteiger partial charge in [-0.2, -0.15) is 0 Å². The van der Waals surface area contributed by atoms with Crippen LogP contribution in [0.2, 0.25) is 0 Å². The predicted molar refractivity (Wildman–Crippen MR) is 32.7 cm³/mol. The van der Waals surface area contributed by atoms with Crippen LogP contribution in [0.15, 0.2) is 0 Å². The molecule has 0 aliphatic carbocycles. The van der Waals surface area contributed by atoms with Crippen molar-refractivity contribution >= 4 is 15.2 Å². The summed E-state index contributed by atoms with van der Waals surface area (Å²) in [5.74, 6) is 0. The minimum atomic E-state index is -4.78. The molecule has 0 aromatic heterocycles. The van der Waals surface area contributed by atoms with Crippen LogP contribution in [0, 0.1) is 0 Å². The average Bonchev–Trinajstić information content (AvgIpc) is 1.49. The van der Waals surface area contributed by atoms with E-state index >= 15 is 0 Å². The summed E-state index contributed by atoms with van der Waals surface area (Å²) >= 11 is 0. The molecule has 0 rings (SSSR count). The minimum Gasteiger partial charge on any atom is -0.810 e. The molecule has 0 saturated carbocycles. The van der Waals surface area contributed by atoms with E-state index in [0.717, 1.165) is 7.05 Å². The molecule has 12 heteroatoms. The summed E-state index contributed by atoms with van der Waals surface area (Å²) in [5.41, 5.74) is 0. The third kappa shape index (κ3) is 22.9. The molecular formula is C3H7NNa3O6P2-. The van der Waals surface area contributed by atoms with Crippen LogP contribution in [-0.4, -0.2) is 24.5 Å².